The number of piperidine rings is 1. The Labute approximate surface area is 115 Å². The van der Waals surface area contributed by atoms with E-state index in [1.165, 1.54) is 7.05 Å². The van der Waals surface area contributed by atoms with Crippen molar-refractivity contribution < 1.29 is 8.42 Å². The minimum absolute atomic E-state index is 0.356. The maximum atomic E-state index is 12.1. The van der Waals surface area contributed by atoms with Crippen LogP contribution in [0.3, 0.4) is 0 Å². The molecular weight excluding hydrogens is 262 g/mol. The van der Waals surface area contributed by atoms with Gasteiger partial charge in [0.15, 0.2) is 0 Å². The molecule has 2 rings (SSSR count). The monoisotopic (exact) mass is 283 g/mol. The van der Waals surface area contributed by atoms with Crippen molar-refractivity contribution in [2.75, 3.05) is 32.1 Å². The standard InChI is InChI=1S/C13H21N3O2S/c1-14-11-6-5-9-16(10-11)12-7-3-4-8-13(12)19(17,18)15-2/h3-4,7-8,11,14-15H,5-6,9-10H2,1-2H3. The first-order valence-corrected chi connectivity index (χ1v) is 8.01. The van der Waals surface area contributed by atoms with Crippen LogP contribution in [0.4, 0.5) is 5.69 Å². The summed E-state index contributed by atoms with van der Waals surface area (Å²) in [7, 11) is -0.0225. The van der Waals surface area contributed by atoms with Crippen LogP contribution in [-0.2, 0) is 10.0 Å². The molecule has 2 N–H and O–H groups in total. The number of para-hydroxylation sites is 1. The van der Waals surface area contributed by atoms with Crippen molar-refractivity contribution in [3.63, 3.8) is 0 Å². The molecule has 1 atom stereocenters. The molecule has 1 unspecified atom stereocenters. The molecule has 1 heterocycles. The number of nitrogens with one attached hydrogen (secondary N) is 2. The molecule has 6 heteroatoms. The molecule has 0 saturated carbocycles. The summed E-state index contributed by atoms with van der Waals surface area (Å²) in [5.41, 5.74) is 0.789. The van der Waals surface area contributed by atoms with Crippen LogP contribution in [0.25, 0.3) is 0 Å². The molecule has 1 fully saturated rings. The fraction of sp³-hybridized carbons (Fsp3) is 0.538. The van der Waals surface area contributed by atoms with Gasteiger partial charge in [-0.3, -0.25) is 0 Å². The summed E-state index contributed by atoms with van der Waals surface area (Å²) in [5.74, 6) is 0. The molecule has 1 saturated heterocycles. The van der Waals surface area contributed by atoms with Gasteiger partial charge in [0.1, 0.15) is 4.90 Å². The normalized spacial score (nSPS) is 20.5. The molecular formula is C13H21N3O2S. The lowest BCUT2D eigenvalue weighted by Crippen LogP contribution is -2.45. The summed E-state index contributed by atoms with van der Waals surface area (Å²) >= 11 is 0. The Kier molecular flexibility index (Phi) is 4.44. The van der Waals surface area contributed by atoms with Crippen LogP contribution in [0.1, 0.15) is 12.8 Å². The summed E-state index contributed by atoms with van der Waals surface area (Å²) in [4.78, 5) is 2.50. The highest BCUT2D eigenvalue weighted by Gasteiger charge is 2.24. The molecule has 0 aliphatic carbocycles. The Hall–Kier alpha value is -1.11. The fourth-order valence-corrected chi connectivity index (χ4v) is 3.44. The third-order valence-electron chi connectivity index (χ3n) is 3.59. The van der Waals surface area contributed by atoms with Crippen LogP contribution >= 0.6 is 0 Å². The van der Waals surface area contributed by atoms with E-state index in [1.807, 2.05) is 19.2 Å². The van der Waals surface area contributed by atoms with Gasteiger partial charge in [-0.05, 0) is 39.1 Å². The Bertz CT molecular complexity index is 530. The van der Waals surface area contributed by atoms with E-state index in [2.05, 4.69) is 14.9 Å². The number of benzene rings is 1. The van der Waals surface area contributed by atoms with Crippen LogP contribution in [-0.4, -0.2) is 41.6 Å². The minimum atomic E-state index is -3.41. The molecule has 106 valence electrons. The SMILES string of the molecule is CNC1CCCN(c2ccccc2S(=O)(=O)NC)C1. The van der Waals surface area contributed by atoms with Crippen LogP contribution in [0.5, 0.6) is 0 Å². The second-order valence-corrected chi connectivity index (χ2v) is 6.60. The molecule has 19 heavy (non-hydrogen) atoms. The van der Waals surface area contributed by atoms with Gasteiger partial charge >= 0.3 is 0 Å². The van der Waals surface area contributed by atoms with Crippen molar-refractivity contribution >= 4 is 15.7 Å². The third kappa shape index (κ3) is 3.08. The molecule has 1 aromatic rings. The van der Waals surface area contributed by atoms with Gasteiger partial charge in [-0.2, -0.15) is 0 Å². The fourth-order valence-electron chi connectivity index (χ4n) is 2.49. The quantitative estimate of drug-likeness (QED) is 0.857. The average molecular weight is 283 g/mol. The minimum Gasteiger partial charge on any atom is -0.369 e. The number of nitrogens with zero attached hydrogens (tertiary/aromatic N) is 1. The second-order valence-electron chi connectivity index (χ2n) is 4.75. The highest BCUT2D eigenvalue weighted by Crippen LogP contribution is 2.27. The average Bonchev–Trinajstić information content (AvgIpc) is 2.47. The van der Waals surface area contributed by atoms with Gasteiger partial charge in [-0.25, -0.2) is 13.1 Å². The molecule has 0 amide bonds. The maximum absolute atomic E-state index is 12.1. The first-order valence-electron chi connectivity index (χ1n) is 6.53. The summed E-state index contributed by atoms with van der Waals surface area (Å²) < 4.78 is 26.5. The molecule has 0 aromatic heterocycles. The lowest BCUT2D eigenvalue weighted by atomic mass is 10.1. The van der Waals surface area contributed by atoms with Crippen molar-refractivity contribution in [3.8, 4) is 0 Å². The zero-order valence-corrected chi connectivity index (χ0v) is 12.2. The van der Waals surface area contributed by atoms with E-state index in [9.17, 15) is 8.42 Å². The van der Waals surface area contributed by atoms with Gasteiger partial charge in [-0.1, -0.05) is 12.1 Å². The van der Waals surface area contributed by atoms with E-state index in [1.54, 1.807) is 12.1 Å². The van der Waals surface area contributed by atoms with Gasteiger partial charge in [-0.15, -0.1) is 0 Å². The van der Waals surface area contributed by atoms with E-state index in [0.29, 0.717) is 10.9 Å². The van der Waals surface area contributed by atoms with Gasteiger partial charge in [0, 0.05) is 19.1 Å². The van der Waals surface area contributed by atoms with E-state index in [-0.39, 0.29) is 0 Å². The van der Waals surface area contributed by atoms with Crippen LogP contribution < -0.4 is 14.9 Å². The van der Waals surface area contributed by atoms with Gasteiger partial charge in [0.25, 0.3) is 0 Å². The number of likely N-dealkylation sites (N-methyl/N-ethyl adjacent to an activating group) is 1. The molecule has 1 aromatic carbocycles. The number of sulfonamides is 1. The van der Waals surface area contributed by atoms with Crippen LogP contribution in [0.15, 0.2) is 29.2 Å². The van der Waals surface area contributed by atoms with Crippen molar-refractivity contribution in [1.82, 2.24) is 10.0 Å². The van der Waals surface area contributed by atoms with Crippen molar-refractivity contribution in [2.45, 2.75) is 23.8 Å². The summed E-state index contributed by atoms with van der Waals surface area (Å²) in [6.45, 7) is 1.74. The number of hydrogen-bond acceptors (Lipinski definition) is 4. The predicted octanol–water partition coefficient (Wildman–Crippen LogP) is 0.783. The van der Waals surface area contributed by atoms with E-state index in [0.717, 1.165) is 31.6 Å². The first kappa shape index (κ1) is 14.3. The molecule has 0 bridgehead atoms. The second kappa shape index (κ2) is 5.90. The predicted molar refractivity (Wildman–Crippen MR) is 77.0 cm³/mol. The lowest BCUT2D eigenvalue weighted by molar-refractivity contribution is 0.448. The number of anilines is 1. The highest BCUT2D eigenvalue weighted by molar-refractivity contribution is 7.89. The lowest BCUT2D eigenvalue weighted by Gasteiger charge is -2.35. The van der Waals surface area contributed by atoms with E-state index < -0.39 is 10.0 Å². The Morgan fingerprint density at radius 2 is 2.00 bits per heavy atom. The van der Waals surface area contributed by atoms with Gasteiger partial charge in [0.2, 0.25) is 10.0 Å². The summed E-state index contributed by atoms with van der Waals surface area (Å²) in [6, 6.07) is 7.59. The van der Waals surface area contributed by atoms with Gasteiger partial charge in [0.05, 0.1) is 5.69 Å². The molecule has 1 aliphatic heterocycles. The molecule has 1 aliphatic rings. The summed E-state index contributed by atoms with van der Waals surface area (Å²) in [6.07, 6.45) is 2.20. The molecule has 5 nitrogen and oxygen atoms in total. The highest BCUT2D eigenvalue weighted by atomic mass is 32.2. The third-order valence-corrected chi connectivity index (χ3v) is 5.06. The molecule has 0 radical (unpaired) electrons. The Balaban J connectivity index is 2.35. The number of rotatable bonds is 4. The number of hydrogen-bond donors (Lipinski definition) is 2. The van der Waals surface area contributed by atoms with E-state index >= 15 is 0 Å². The van der Waals surface area contributed by atoms with Crippen LogP contribution in [0, 0.1) is 0 Å². The summed E-state index contributed by atoms with van der Waals surface area (Å²) in [5, 5.41) is 3.27. The topological polar surface area (TPSA) is 61.4 Å². The molecule has 0 spiro atoms. The van der Waals surface area contributed by atoms with Crippen molar-refractivity contribution in [1.29, 1.82) is 0 Å². The zero-order valence-electron chi connectivity index (χ0n) is 11.4. The van der Waals surface area contributed by atoms with Crippen LogP contribution in [0.2, 0.25) is 0 Å². The first-order chi connectivity index (χ1) is 9.08. The smallest absolute Gasteiger partial charge is 0.242 e. The van der Waals surface area contributed by atoms with E-state index in [4.69, 9.17) is 0 Å². The maximum Gasteiger partial charge on any atom is 0.242 e. The van der Waals surface area contributed by atoms with Crippen molar-refractivity contribution in [3.05, 3.63) is 24.3 Å². The Morgan fingerprint density at radius 1 is 1.26 bits per heavy atom. The van der Waals surface area contributed by atoms with Crippen molar-refractivity contribution in [2.24, 2.45) is 0 Å². The Morgan fingerprint density at radius 3 is 2.68 bits per heavy atom. The largest absolute Gasteiger partial charge is 0.369 e. The van der Waals surface area contributed by atoms with Gasteiger partial charge < -0.3 is 10.2 Å². The zero-order chi connectivity index (χ0) is 13.9.